The van der Waals surface area contributed by atoms with Gasteiger partial charge in [-0.2, -0.15) is 13.2 Å². The molecular formula is C7H7F3N2O. The Labute approximate surface area is 72.0 Å². The van der Waals surface area contributed by atoms with Crippen LogP contribution in [-0.2, 0) is 12.8 Å². The molecule has 0 radical (unpaired) electrons. The number of alkyl halides is 3. The standard InChI is InChI=1S/C7H7F3N2O/c8-7(9,10)5-1-4(3-13)2-12-6(5)11/h1-2,13H,3H2,(H2,11,12). The number of aliphatic hydroxyl groups excluding tert-OH is 1. The van der Waals surface area contributed by atoms with Crippen molar-refractivity contribution in [1.29, 1.82) is 0 Å². The first-order chi connectivity index (χ1) is 5.95. The van der Waals surface area contributed by atoms with Crippen LogP contribution in [-0.4, -0.2) is 10.1 Å². The number of halogens is 3. The van der Waals surface area contributed by atoms with Crippen molar-refractivity contribution in [2.75, 3.05) is 5.73 Å². The molecule has 1 aromatic rings. The number of hydrogen-bond donors (Lipinski definition) is 2. The van der Waals surface area contributed by atoms with Crippen LogP contribution in [0.1, 0.15) is 11.1 Å². The van der Waals surface area contributed by atoms with Crippen LogP contribution in [0.4, 0.5) is 19.0 Å². The number of nitrogen functional groups attached to an aromatic ring is 1. The quantitative estimate of drug-likeness (QED) is 0.702. The third kappa shape index (κ3) is 2.09. The molecule has 3 N–H and O–H groups in total. The molecule has 1 rings (SSSR count). The fourth-order valence-electron chi connectivity index (χ4n) is 0.832. The highest BCUT2D eigenvalue weighted by atomic mass is 19.4. The summed E-state index contributed by atoms with van der Waals surface area (Å²) in [5.41, 5.74) is 4.09. The van der Waals surface area contributed by atoms with Crippen molar-refractivity contribution in [1.82, 2.24) is 4.98 Å². The molecule has 0 spiro atoms. The molecule has 3 nitrogen and oxygen atoms in total. The van der Waals surface area contributed by atoms with Gasteiger partial charge in [0.1, 0.15) is 5.82 Å². The third-order valence-corrected chi connectivity index (χ3v) is 1.46. The first kappa shape index (κ1) is 9.79. The smallest absolute Gasteiger partial charge is 0.392 e. The summed E-state index contributed by atoms with van der Waals surface area (Å²) in [6, 6.07) is 0.780. The third-order valence-electron chi connectivity index (χ3n) is 1.46. The van der Waals surface area contributed by atoms with Gasteiger partial charge in [-0.3, -0.25) is 0 Å². The molecule has 72 valence electrons. The number of rotatable bonds is 1. The molecule has 0 aliphatic carbocycles. The van der Waals surface area contributed by atoms with Crippen LogP contribution in [0.2, 0.25) is 0 Å². The van der Waals surface area contributed by atoms with Gasteiger partial charge >= 0.3 is 6.18 Å². The molecule has 1 aromatic heterocycles. The lowest BCUT2D eigenvalue weighted by atomic mass is 10.2. The first-order valence-corrected chi connectivity index (χ1v) is 3.37. The van der Waals surface area contributed by atoms with Gasteiger partial charge in [-0.05, 0) is 11.6 Å². The number of nitrogens with zero attached hydrogens (tertiary/aromatic N) is 1. The van der Waals surface area contributed by atoms with Gasteiger partial charge in [0.25, 0.3) is 0 Å². The molecule has 0 amide bonds. The Hall–Kier alpha value is -1.30. The number of pyridine rings is 1. The summed E-state index contributed by atoms with van der Waals surface area (Å²) in [4.78, 5) is 3.31. The molecule has 0 saturated heterocycles. The van der Waals surface area contributed by atoms with Gasteiger partial charge in [0, 0.05) is 6.20 Å². The number of nitrogens with two attached hydrogens (primary N) is 1. The predicted molar refractivity (Wildman–Crippen MR) is 39.6 cm³/mol. The molecule has 0 aliphatic rings. The van der Waals surface area contributed by atoms with Crippen molar-refractivity contribution < 1.29 is 18.3 Å². The molecule has 0 atom stereocenters. The summed E-state index contributed by atoms with van der Waals surface area (Å²) in [5, 5.41) is 8.57. The zero-order valence-corrected chi connectivity index (χ0v) is 6.47. The number of hydrogen-bond acceptors (Lipinski definition) is 3. The van der Waals surface area contributed by atoms with Crippen LogP contribution in [0.3, 0.4) is 0 Å². The van der Waals surface area contributed by atoms with Crippen LogP contribution >= 0.6 is 0 Å². The minimum absolute atomic E-state index is 0.0847. The van der Waals surface area contributed by atoms with Crippen molar-refractivity contribution in [2.45, 2.75) is 12.8 Å². The molecule has 0 bridgehead atoms. The van der Waals surface area contributed by atoms with Crippen LogP contribution < -0.4 is 5.73 Å². The average Bonchev–Trinajstić information content (AvgIpc) is 2.03. The van der Waals surface area contributed by atoms with Gasteiger partial charge in [-0.15, -0.1) is 0 Å². The van der Waals surface area contributed by atoms with Gasteiger partial charge in [0.15, 0.2) is 0 Å². The van der Waals surface area contributed by atoms with Crippen molar-refractivity contribution >= 4 is 5.82 Å². The zero-order chi connectivity index (χ0) is 10.1. The molecule has 0 unspecified atom stereocenters. The number of aromatic nitrogens is 1. The van der Waals surface area contributed by atoms with Crippen LogP contribution in [0, 0.1) is 0 Å². The van der Waals surface area contributed by atoms with Gasteiger partial charge < -0.3 is 10.8 Å². The minimum atomic E-state index is -4.53. The maximum absolute atomic E-state index is 12.2. The largest absolute Gasteiger partial charge is 0.419 e. The van der Waals surface area contributed by atoms with Crippen LogP contribution in [0.25, 0.3) is 0 Å². The Morgan fingerprint density at radius 3 is 2.54 bits per heavy atom. The molecular weight excluding hydrogens is 185 g/mol. The average molecular weight is 192 g/mol. The molecule has 0 fully saturated rings. The molecule has 0 aliphatic heterocycles. The normalized spacial score (nSPS) is 11.7. The van der Waals surface area contributed by atoms with E-state index in [0.29, 0.717) is 0 Å². The lowest BCUT2D eigenvalue weighted by Gasteiger charge is -2.09. The number of aliphatic hydroxyl groups is 1. The summed E-state index contributed by atoms with van der Waals surface area (Å²) in [7, 11) is 0. The Bertz CT molecular complexity index is 311. The Balaban J connectivity index is 3.19. The van der Waals surface area contributed by atoms with E-state index in [1.807, 2.05) is 0 Å². The molecule has 13 heavy (non-hydrogen) atoms. The SMILES string of the molecule is Nc1ncc(CO)cc1C(F)(F)F. The summed E-state index contributed by atoms with van der Waals surface area (Å²) in [5.74, 6) is -0.579. The maximum Gasteiger partial charge on any atom is 0.419 e. The monoisotopic (exact) mass is 192 g/mol. The fourth-order valence-corrected chi connectivity index (χ4v) is 0.832. The highest BCUT2D eigenvalue weighted by Gasteiger charge is 2.33. The number of anilines is 1. The zero-order valence-electron chi connectivity index (χ0n) is 6.47. The molecule has 1 heterocycles. The summed E-state index contributed by atoms with van der Waals surface area (Å²) in [6.07, 6.45) is -3.42. The van der Waals surface area contributed by atoms with E-state index < -0.39 is 24.2 Å². The predicted octanol–water partition coefficient (Wildman–Crippen LogP) is 1.17. The summed E-state index contributed by atoms with van der Waals surface area (Å²) < 4.78 is 36.5. The second-order valence-electron chi connectivity index (χ2n) is 2.43. The highest BCUT2D eigenvalue weighted by Crippen LogP contribution is 2.32. The Morgan fingerprint density at radius 1 is 1.46 bits per heavy atom. The van der Waals surface area contributed by atoms with E-state index in [1.165, 1.54) is 0 Å². The highest BCUT2D eigenvalue weighted by molar-refractivity contribution is 5.42. The fraction of sp³-hybridized carbons (Fsp3) is 0.286. The van der Waals surface area contributed by atoms with E-state index in [9.17, 15) is 13.2 Å². The lowest BCUT2D eigenvalue weighted by Crippen LogP contribution is -2.11. The van der Waals surface area contributed by atoms with E-state index in [4.69, 9.17) is 10.8 Å². The summed E-state index contributed by atoms with van der Waals surface area (Å²) >= 11 is 0. The van der Waals surface area contributed by atoms with Crippen LogP contribution in [0.5, 0.6) is 0 Å². The van der Waals surface area contributed by atoms with Crippen LogP contribution in [0.15, 0.2) is 12.3 Å². The van der Waals surface area contributed by atoms with E-state index in [0.717, 1.165) is 12.3 Å². The van der Waals surface area contributed by atoms with E-state index in [2.05, 4.69) is 4.98 Å². The molecule has 0 aromatic carbocycles. The van der Waals surface area contributed by atoms with E-state index >= 15 is 0 Å². The molecule has 0 saturated carbocycles. The maximum atomic E-state index is 12.2. The second kappa shape index (κ2) is 3.21. The van der Waals surface area contributed by atoms with Crippen molar-refractivity contribution in [3.8, 4) is 0 Å². The van der Waals surface area contributed by atoms with Gasteiger partial charge in [-0.25, -0.2) is 4.98 Å². The van der Waals surface area contributed by atoms with Gasteiger partial charge in [-0.1, -0.05) is 0 Å². The summed E-state index contributed by atoms with van der Waals surface area (Å²) in [6.45, 7) is -0.490. The Morgan fingerprint density at radius 2 is 2.08 bits per heavy atom. The topological polar surface area (TPSA) is 59.1 Å². The van der Waals surface area contributed by atoms with Crippen molar-refractivity contribution in [2.24, 2.45) is 0 Å². The van der Waals surface area contributed by atoms with E-state index in [1.54, 1.807) is 0 Å². The lowest BCUT2D eigenvalue weighted by molar-refractivity contribution is -0.137. The minimum Gasteiger partial charge on any atom is -0.392 e. The molecule has 6 heteroatoms. The van der Waals surface area contributed by atoms with Crippen molar-refractivity contribution in [3.05, 3.63) is 23.4 Å². The van der Waals surface area contributed by atoms with Gasteiger partial charge in [0.05, 0.1) is 12.2 Å². The Kier molecular flexibility index (Phi) is 2.42. The second-order valence-corrected chi connectivity index (χ2v) is 2.43. The van der Waals surface area contributed by atoms with Gasteiger partial charge in [0.2, 0.25) is 0 Å². The van der Waals surface area contributed by atoms with Crippen molar-refractivity contribution in [3.63, 3.8) is 0 Å². The van der Waals surface area contributed by atoms with E-state index in [-0.39, 0.29) is 5.56 Å². The first-order valence-electron chi connectivity index (χ1n) is 3.37.